The number of fused-ring (bicyclic) bond motifs is 1. The van der Waals surface area contributed by atoms with Crippen LogP contribution < -0.4 is 4.80 Å². The zero-order valence-electron chi connectivity index (χ0n) is 13.3. The third kappa shape index (κ3) is 3.81. The third-order valence-electron chi connectivity index (χ3n) is 3.35. The van der Waals surface area contributed by atoms with Gasteiger partial charge in [-0.25, -0.2) is 0 Å². The number of nitrogens with zero attached hydrogens (tertiary/aromatic N) is 2. The highest BCUT2D eigenvalue weighted by molar-refractivity contribution is 7.98. The van der Waals surface area contributed by atoms with E-state index in [1.165, 1.54) is 24.5 Å². The first-order chi connectivity index (χ1) is 11.9. The smallest absolute Gasteiger partial charge is 0.325 e. The maximum atomic E-state index is 12.5. The summed E-state index contributed by atoms with van der Waals surface area (Å²) in [5, 5.41) is 1.68. The topological polar surface area (TPSA) is 77.7 Å². The molecule has 0 spiro atoms. The van der Waals surface area contributed by atoms with Crippen LogP contribution in [0.25, 0.3) is 10.2 Å². The highest BCUT2D eigenvalue weighted by Gasteiger charge is 2.17. The van der Waals surface area contributed by atoms with Gasteiger partial charge in [-0.3, -0.25) is 4.79 Å². The molecule has 3 aromatic rings. The van der Waals surface area contributed by atoms with E-state index in [9.17, 15) is 13.2 Å². The number of carbonyl (C=O) groups excluding carboxylic acids is 1. The van der Waals surface area contributed by atoms with E-state index in [1.54, 1.807) is 27.8 Å². The minimum absolute atomic E-state index is 0.103. The van der Waals surface area contributed by atoms with Gasteiger partial charge in [0.1, 0.15) is 10.8 Å². The monoisotopic (exact) mass is 414 g/mol. The number of esters is 1. The minimum Gasteiger partial charge on any atom is -0.468 e. The molecule has 0 saturated heterocycles. The van der Waals surface area contributed by atoms with Gasteiger partial charge >= 0.3 is 5.97 Å². The summed E-state index contributed by atoms with van der Waals surface area (Å²) in [7, 11) is -2.53. The van der Waals surface area contributed by atoms with Crippen molar-refractivity contribution in [3.63, 3.8) is 0 Å². The predicted octanol–water partition coefficient (Wildman–Crippen LogP) is 2.95. The maximum Gasteiger partial charge on any atom is 0.325 e. The number of thioether (sulfide) groups is 1. The number of benzene rings is 1. The summed E-state index contributed by atoms with van der Waals surface area (Å²) in [6, 6.07) is 8.90. The Morgan fingerprint density at radius 3 is 2.80 bits per heavy atom. The molecule has 2 aromatic heterocycles. The number of ether oxygens (including phenoxy) is 1. The zero-order chi connectivity index (χ0) is 18.0. The third-order valence-corrected chi connectivity index (χ3v) is 7.87. The van der Waals surface area contributed by atoms with Crippen LogP contribution in [0, 0.1) is 0 Å². The summed E-state index contributed by atoms with van der Waals surface area (Å²) in [5.74, 6) is -0.469. The number of carbonyl (C=O) groups is 1. The molecule has 10 heteroatoms. The Morgan fingerprint density at radius 2 is 2.16 bits per heavy atom. The van der Waals surface area contributed by atoms with Crippen molar-refractivity contribution in [2.75, 3.05) is 13.4 Å². The molecule has 0 unspecified atom stereocenters. The predicted molar refractivity (Wildman–Crippen MR) is 101 cm³/mol. The van der Waals surface area contributed by atoms with E-state index in [0.29, 0.717) is 0 Å². The second kappa shape index (κ2) is 7.32. The van der Waals surface area contributed by atoms with Gasteiger partial charge in [0.2, 0.25) is 4.80 Å². The molecular weight excluding hydrogens is 400 g/mol. The first-order valence-electron chi connectivity index (χ1n) is 7.03. The van der Waals surface area contributed by atoms with Gasteiger partial charge in [-0.2, -0.15) is 8.42 Å². The van der Waals surface area contributed by atoms with Crippen molar-refractivity contribution >= 4 is 60.6 Å². The van der Waals surface area contributed by atoms with E-state index in [0.717, 1.165) is 26.4 Å². The number of hydrogen-bond donors (Lipinski definition) is 0. The average Bonchev–Trinajstić information content (AvgIpc) is 3.23. The highest BCUT2D eigenvalue weighted by Crippen LogP contribution is 2.25. The second-order valence-electron chi connectivity index (χ2n) is 4.88. The number of rotatable bonds is 5. The van der Waals surface area contributed by atoms with Crippen molar-refractivity contribution in [2.45, 2.75) is 15.6 Å². The molecule has 0 radical (unpaired) electrons. The normalized spacial score (nSPS) is 12.6. The molecule has 0 aliphatic heterocycles. The van der Waals surface area contributed by atoms with Crippen molar-refractivity contribution in [1.29, 1.82) is 0 Å². The van der Waals surface area contributed by atoms with Crippen molar-refractivity contribution < 1.29 is 17.9 Å². The first kappa shape index (κ1) is 18.2. The molecule has 2 heterocycles. The van der Waals surface area contributed by atoms with Crippen molar-refractivity contribution in [2.24, 2.45) is 4.40 Å². The summed E-state index contributed by atoms with van der Waals surface area (Å²) in [6.45, 7) is -0.103. The van der Waals surface area contributed by atoms with Gasteiger partial charge in [-0.1, -0.05) is 17.4 Å². The molecule has 0 saturated carbocycles. The van der Waals surface area contributed by atoms with Gasteiger partial charge < -0.3 is 9.30 Å². The van der Waals surface area contributed by atoms with Crippen LogP contribution in [0.1, 0.15) is 0 Å². The van der Waals surface area contributed by atoms with Crippen LogP contribution in [0.3, 0.4) is 0 Å². The lowest BCUT2D eigenvalue weighted by atomic mass is 10.3. The number of thiazole rings is 1. The highest BCUT2D eigenvalue weighted by atomic mass is 32.2. The van der Waals surface area contributed by atoms with Gasteiger partial charge in [0.25, 0.3) is 10.0 Å². The van der Waals surface area contributed by atoms with E-state index in [4.69, 9.17) is 4.74 Å². The molecule has 0 aliphatic carbocycles. The van der Waals surface area contributed by atoms with Gasteiger partial charge in [-0.15, -0.1) is 27.5 Å². The van der Waals surface area contributed by atoms with Crippen molar-refractivity contribution in [3.05, 3.63) is 40.5 Å². The lowest BCUT2D eigenvalue weighted by Crippen LogP contribution is -2.22. The van der Waals surface area contributed by atoms with Gasteiger partial charge in [0.15, 0.2) is 0 Å². The van der Waals surface area contributed by atoms with E-state index in [-0.39, 0.29) is 15.6 Å². The van der Waals surface area contributed by atoms with Crippen LogP contribution in [0.15, 0.2) is 49.2 Å². The van der Waals surface area contributed by atoms with Crippen LogP contribution in [-0.2, 0) is 26.1 Å². The Kier molecular flexibility index (Phi) is 5.32. The molecule has 0 amide bonds. The lowest BCUT2D eigenvalue weighted by molar-refractivity contribution is -0.141. The molecule has 1 aromatic carbocycles. The molecule has 3 rings (SSSR count). The average molecular weight is 415 g/mol. The van der Waals surface area contributed by atoms with E-state index in [2.05, 4.69) is 4.40 Å². The summed E-state index contributed by atoms with van der Waals surface area (Å²) in [6.07, 6.45) is 1.96. The van der Waals surface area contributed by atoms with Crippen molar-refractivity contribution in [3.8, 4) is 0 Å². The number of hydrogen-bond acceptors (Lipinski definition) is 7. The largest absolute Gasteiger partial charge is 0.468 e. The Hall–Kier alpha value is -1.62. The summed E-state index contributed by atoms with van der Waals surface area (Å²) in [5.41, 5.74) is 0.744. The molecule has 0 N–H and O–H groups in total. The minimum atomic E-state index is -3.82. The first-order valence-corrected chi connectivity index (χ1v) is 11.4. The van der Waals surface area contributed by atoms with E-state index >= 15 is 0 Å². The SMILES string of the molecule is COC(=O)Cn1/c(=N/S(=O)(=O)c2cccs2)sc2cc(SC)ccc21. The lowest BCUT2D eigenvalue weighted by Gasteiger charge is -2.04. The quantitative estimate of drug-likeness (QED) is 0.474. The van der Waals surface area contributed by atoms with E-state index < -0.39 is 16.0 Å². The molecular formula is C15H14N2O4S4. The summed E-state index contributed by atoms with van der Waals surface area (Å²) < 4.78 is 36.3. The van der Waals surface area contributed by atoms with Crippen molar-refractivity contribution in [1.82, 2.24) is 4.57 Å². The fraction of sp³-hybridized carbons (Fsp3) is 0.200. The van der Waals surface area contributed by atoms with Gasteiger partial charge in [0.05, 0.1) is 17.3 Å². The Morgan fingerprint density at radius 1 is 1.36 bits per heavy atom. The number of sulfonamides is 1. The fourth-order valence-corrected chi connectivity index (χ4v) is 5.91. The molecule has 0 fully saturated rings. The molecule has 132 valence electrons. The van der Waals surface area contributed by atoms with Gasteiger partial charge in [-0.05, 0) is 35.9 Å². The van der Waals surface area contributed by atoms with Crippen LogP contribution >= 0.6 is 34.4 Å². The second-order valence-corrected chi connectivity index (χ2v) is 9.55. The zero-order valence-corrected chi connectivity index (χ0v) is 16.6. The number of thiophene rings is 1. The van der Waals surface area contributed by atoms with Crippen LogP contribution in [0.4, 0.5) is 0 Å². The Labute approximate surface area is 156 Å². The number of methoxy groups -OCH3 is 1. The van der Waals surface area contributed by atoms with Crippen LogP contribution in [0.2, 0.25) is 0 Å². The molecule has 0 bridgehead atoms. The van der Waals surface area contributed by atoms with Gasteiger partial charge in [0, 0.05) is 4.90 Å². The molecule has 6 nitrogen and oxygen atoms in total. The standard InChI is InChI=1S/C15H14N2O4S4/c1-21-13(18)9-17-11-6-5-10(22-2)8-12(11)24-15(17)16-25(19,20)14-4-3-7-23-14/h3-8H,9H2,1-2H3/b16-15-. The Bertz CT molecular complexity index is 1080. The summed E-state index contributed by atoms with van der Waals surface area (Å²) in [4.78, 5) is 13.1. The fourth-order valence-electron chi connectivity index (χ4n) is 2.16. The maximum absolute atomic E-state index is 12.5. The van der Waals surface area contributed by atoms with E-state index in [1.807, 2.05) is 24.5 Å². The molecule has 0 atom stereocenters. The van der Waals surface area contributed by atoms with Crippen LogP contribution in [-0.4, -0.2) is 32.3 Å². The molecule has 0 aliphatic rings. The Balaban J connectivity index is 2.24. The summed E-state index contributed by atoms with van der Waals surface area (Å²) >= 11 is 3.92. The molecule has 25 heavy (non-hydrogen) atoms. The number of aromatic nitrogens is 1. The van der Waals surface area contributed by atoms with Crippen LogP contribution in [0.5, 0.6) is 0 Å².